The van der Waals surface area contributed by atoms with E-state index in [4.69, 9.17) is 0 Å². The molecule has 1 N–H and O–H groups in total. The highest BCUT2D eigenvalue weighted by Crippen LogP contribution is 2.17. The zero-order valence-corrected chi connectivity index (χ0v) is 13.7. The Morgan fingerprint density at radius 2 is 2.05 bits per heavy atom. The van der Waals surface area contributed by atoms with Gasteiger partial charge in [-0.25, -0.2) is 8.42 Å². The van der Waals surface area contributed by atoms with Crippen molar-refractivity contribution in [1.29, 1.82) is 0 Å². The van der Waals surface area contributed by atoms with Gasteiger partial charge < -0.3 is 5.32 Å². The summed E-state index contributed by atoms with van der Waals surface area (Å²) in [4.78, 5) is 2.49. The van der Waals surface area contributed by atoms with Crippen LogP contribution in [0.25, 0.3) is 0 Å². The van der Waals surface area contributed by atoms with E-state index in [-0.39, 0.29) is 0 Å². The fourth-order valence-corrected chi connectivity index (χ4v) is 3.54. The van der Waals surface area contributed by atoms with Crippen molar-refractivity contribution in [3.63, 3.8) is 0 Å². The van der Waals surface area contributed by atoms with Gasteiger partial charge in [-0.05, 0) is 25.3 Å². The van der Waals surface area contributed by atoms with Gasteiger partial charge in [0.25, 0.3) is 0 Å². The minimum Gasteiger partial charge on any atom is -0.311 e. The third-order valence-electron chi connectivity index (χ3n) is 3.91. The molecule has 0 aromatic rings. The van der Waals surface area contributed by atoms with Crippen molar-refractivity contribution in [3.05, 3.63) is 0 Å². The van der Waals surface area contributed by atoms with E-state index in [1.165, 1.54) is 19.1 Å². The molecule has 0 aliphatic carbocycles. The maximum absolute atomic E-state index is 11.2. The maximum atomic E-state index is 11.2. The van der Waals surface area contributed by atoms with Crippen LogP contribution in [0.15, 0.2) is 0 Å². The van der Waals surface area contributed by atoms with Crippen LogP contribution in [-0.4, -0.2) is 57.0 Å². The molecule has 1 rings (SSSR count). The summed E-state index contributed by atoms with van der Waals surface area (Å²) >= 11 is 0. The Bertz CT molecular complexity index is 354. The molecule has 1 aliphatic rings. The highest BCUT2D eigenvalue weighted by Gasteiger charge is 2.28. The average Bonchev–Trinajstić information content (AvgIpc) is 2.27. The highest BCUT2D eigenvalue weighted by atomic mass is 32.2. The Morgan fingerprint density at radius 1 is 1.37 bits per heavy atom. The van der Waals surface area contributed by atoms with Crippen LogP contribution in [0.3, 0.4) is 0 Å². The fraction of sp³-hybridized carbons (Fsp3) is 1.00. The molecule has 1 fully saturated rings. The van der Waals surface area contributed by atoms with Crippen molar-refractivity contribution in [1.82, 2.24) is 10.2 Å². The third-order valence-corrected chi connectivity index (χ3v) is 4.94. The van der Waals surface area contributed by atoms with E-state index >= 15 is 0 Å². The first kappa shape index (κ1) is 16.9. The molecule has 19 heavy (non-hydrogen) atoms. The average molecular weight is 290 g/mol. The lowest BCUT2D eigenvalue weighted by atomic mass is 9.97. The van der Waals surface area contributed by atoms with E-state index < -0.39 is 9.84 Å². The summed E-state index contributed by atoms with van der Waals surface area (Å²) in [5, 5.41) is 3.63. The molecule has 5 heteroatoms. The molecular weight excluding hydrogens is 260 g/mol. The number of nitrogens with zero attached hydrogens (tertiary/aromatic N) is 1. The quantitative estimate of drug-likeness (QED) is 0.772. The van der Waals surface area contributed by atoms with Crippen LogP contribution < -0.4 is 5.32 Å². The lowest BCUT2D eigenvalue weighted by molar-refractivity contribution is 0.0960. The standard InChI is InChI=1S/C14H30N2O2S/c1-5-7-13-11-16(8-6-9-19(4,17)18)14(10-15-13)12(2)3/h12-15H,5-11H2,1-4H3. The van der Waals surface area contributed by atoms with Crippen LogP contribution in [0.5, 0.6) is 0 Å². The van der Waals surface area contributed by atoms with E-state index in [0.717, 1.165) is 26.1 Å². The highest BCUT2D eigenvalue weighted by molar-refractivity contribution is 7.90. The molecule has 4 nitrogen and oxygen atoms in total. The zero-order valence-electron chi connectivity index (χ0n) is 12.9. The minimum atomic E-state index is -2.83. The first-order valence-electron chi connectivity index (χ1n) is 7.48. The van der Waals surface area contributed by atoms with Crippen molar-refractivity contribution in [2.45, 2.75) is 52.1 Å². The maximum Gasteiger partial charge on any atom is 0.147 e. The summed E-state index contributed by atoms with van der Waals surface area (Å²) in [6, 6.07) is 1.10. The van der Waals surface area contributed by atoms with Gasteiger partial charge in [0.15, 0.2) is 0 Å². The predicted molar refractivity (Wildman–Crippen MR) is 81.2 cm³/mol. The van der Waals surface area contributed by atoms with Gasteiger partial charge in [0, 0.05) is 31.4 Å². The van der Waals surface area contributed by atoms with Gasteiger partial charge in [-0.1, -0.05) is 27.2 Å². The molecule has 2 unspecified atom stereocenters. The van der Waals surface area contributed by atoms with Gasteiger partial charge in [0.05, 0.1) is 5.75 Å². The zero-order chi connectivity index (χ0) is 14.5. The molecule has 1 aliphatic heterocycles. The van der Waals surface area contributed by atoms with E-state index in [9.17, 15) is 8.42 Å². The van der Waals surface area contributed by atoms with Crippen molar-refractivity contribution >= 4 is 9.84 Å². The second-order valence-corrected chi connectivity index (χ2v) is 8.44. The predicted octanol–water partition coefficient (Wildman–Crippen LogP) is 1.52. The van der Waals surface area contributed by atoms with E-state index in [1.807, 2.05) is 0 Å². The van der Waals surface area contributed by atoms with Gasteiger partial charge in [-0.15, -0.1) is 0 Å². The van der Waals surface area contributed by atoms with E-state index in [2.05, 4.69) is 31.0 Å². The molecule has 1 heterocycles. The molecule has 0 bridgehead atoms. The summed E-state index contributed by atoms with van der Waals surface area (Å²) in [5.74, 6) is 0.911. The summed E-state index contributed by atoms with van der Waals surface area (Å²) in [6.07, 6.45) is 4.47. The molecule has 0 spiro atoms. The molecule has 2 atom stereocenters. The number of nitrogens with one attached hydrogen (secondary N) is 1. The Hall–Kier alpha value is -0.130. The van der Waals surface area contributed by atoms with Gasteiger partial charge in [0.2, 0.25) is 0 Å². The van der Waals surface area contributed by atoms with Crippen molar-refractivity contribution in [2.24, 2.45) is 5.92 Å². The first-order chi connectivity index (χ1) is 8.83. The van der Waals surface area contributed by atoms with Crippen LogP contribution in [0, 0.1) is 5.92 Å². The molecule has 0 radical (unpaired) electrons. The van der Waals surface area contributed by atoms with E-state index in [0.29, 0.717) is 23.8 Å². The largest absolute Gasteiger partial charge is 0.311 e. The number of hydrogen-bond acceptors (Lipinski definition) is 4. The van der Waals surface area contributed by atoms with Crippen molar-refractivity contribution in [2.75, 3.05) is 31.6 Å². The first-order valence-corrected chi connectivity index (χ1v) is 9.54. The summed E-state index contributed by atoms with van der Waals surface area (Å²) < 4.78 is 22.4. The Balaban J connectivity index is 2.51. The number of rotatable bonds is 7. The Morgan fingerprint density at radius 3 is 2.58 bits per heavy atom. The SMILES string of the molecule is CCCC1CN(CCCS(C)(=O)=O)C(C(C)C)CN1. The second kappa shape index (κ2) is 7.60. The Labute approximate surface area is 118 Å². The van der Waals surface area contributed by atoms with Crippen LogP contribution in [0.4, 0.5) is 0 Å². The lowest BCUT2D eigenvalue weighted by Crippen LogP contribution is -2.58. The third kappa shape index (κ3) is 6.23. The van der Waals surface area contributed by atoms with Crippen LogP contribution in [0.2, 0.25) is 0 Å². The fourth-order valence-electron chi connectivity index (χ4n) is 2.89. The second-order valence-electron chi connectivity index (χ2n) is 6.18. The normalized spacial score (nSPS) is 25.9. The van der Waals surface area contributed by atoms with Crippen LogP contribution >= 0.6 is 0 Å². The molecule has 0 aromatic carbocycles. The monoisotopic (exact) mass is 290 g/mol. The van der Waals surface area contributed by atoms with Gasteiger partial charge in [-0.2, -0.15) is 0 Å². The summed E-state index contributed by atoms with van der Waals surface area (Å²) in [5.41, 5.74) is 0. The summed E-state index contributed by atoms with van der Waals surface area (Å²) in [6.45, 7) is 9.69. The van der Waals surface area contributed by atoms with Gasteiger partial charge >= 0.3 is 0 Å². The molecule has 1 saturated heterocycles. The molecule has 0 amide bonds. The Kier molecular flexibility index (Phi) is 6.77. The van der Waals surface area contributed by atoms with Crippen molar-refractivity contribution in [3.8, 4) is 0 Å². The van der Waals surface area contributed by atoms with Gasteiger partial charge in [-0.3, -0.25) is 4.90 Å². The van der Waals surface area contributed by atoms with Crippen LogP contribution in [0.1, 0.15) is 40.0 Å². The number of hydrogen-bond donors (Lipinski definition) is 1. The topological polar surface area (TPSA) is 49.4 Å². The molecular formula is C14H30N2O2S. The van der Waals surface area contributed by atoms with Crippen molar-refractivity contribution < 1.29 is 8.42 Å². The van der Waals surface area contributed by atoms with Crippen LogP contribution in [-0.2, 0) is 9.84 Å². The minimum absolute atomic E-state index is 0.306. The van der Waals surface area contributed by atoms with E-state index in [1.54, 1.807) is 0 Å². The smallest absolute Gasteiger partial charge is 0.147 e. The molecule has 0 saturated carbocycles. The molecule has 114 valence electrons. The number of sulfone groups is 1. The summed E-state index contributed by atoms with van der Waals surface area (Å²) in [7, 11) is -2.83. The van der Waals surface area contributed by atoms with Gasteiger partial charge in [0.1, 0.15) is 9.84 Å². The lowest BCUT2D eigenvalue weighted by Gasteiger charge is -2.42. The molecule has 0 aromatic heterocycles. The number of piperazine rings is 1.